The molecule has 0 saturated heterocycles. The highest BCUT2D eigenvalue weighted by Gasteiger charge is 2.16. The first-order valence-electron chi connectivity index (χ1n) is 9.96. The Morgan fingerprint density at radius 1 is 1.12 bits per heavy atom. The molecule has 0 saturated carbocycles. The van der Waals surface area contributed by atoms with Gasteiger partial charge in [0.15, 0.2) is 0 Å². The molecule has 2 aromatic heterocycles. The Morgan fingerprint density at radius 2 is 1.91 bits per heavy atom. The average molecular weight is 489 g/mol. The number of thioether (sulfide) groups is 1. The van der Waals surface area contributed by atoms with Gasteiger partial charge in [0, 0.05) is 28.2 Å². The number of nitrogens with one attached hydrogen (secondary N) is 3. The lowest BCUT2D eigenvalue weighted by molar-refractivity contribution is 0.102. The molecule has 2 aromatic carbocycles. The number of H-pyrrole nitrogens is 1. The van der Waals surface area contributed by atoms with Crippen LogP contribution in [-0.4, -0.2) is 27.1 Å². The summed E-state index contributed by atoms with van der Waals surface area (Å²) in [5.74, 6) is -0.158. The number of nitrogens with zero attached hydrogens (tertiary/aromatic N) is 3. The predicted octanol–water partition coefficient (Wildman–Crippen LogP) is 5.07. The maximum Gasteiger partial charge on any atom is 0.270 e. The zero-order valence-corrected chi connectivity index (χ0v) is 19.4. The van der Waals surface area contributed by atoms with Gasteiger partial charge in [0.2, 0.25) is 5.95 Å². The molecule has 2 heterocycles. The first-order valence-corrected chi connectivity index (χ1v) is 11.6. The minimum absolute atomic E-state index is 0.137. The number of hydrogen-bond donors (Lipinski definition) is 3. The van der Waals surface area contributed by atoms with Gasteiger partial charge >= 0.3 is 0 Å². The van der Waals surface area contributed by atoms with Gasteiger partial charge in [-0.25, -0.2) is 9.97 Å². The molecule has 0 aliphatic heterocycles. The number of nitriles is 1. The molecular formula is C24H17ClN6O2S. The standard InChI is InChI=1S/C24H17ClN6O2S/c1-34-23-18(6-3-11-27-23)21(32)28-17-5-2-4-14(12-17)20-19(13-26)22(33)31-24(30-20)29-16-9-7-15(25)8-10-16/h2-12H,1H3,(H,28,32)(H2,29,30,31,33). The molecule has 34 heavy (non-hydrogen) atoms. The van der Waals surface area contributed by atoms with Crippen molar-refractivity contribution in [1.82, 2.24) is 15.0 Å². The van der Waals surface area contributed by atoms with Crippen LogP contribution in [0.3, 0.4) is 0 Å². The van der Waals surface area contributed by atoms with Crippen LogP contribution in [0.4, 0.5) is 17.3 Å². The molecule has 0 aliphatic rings. The zero-order chi connectivity index (χ0) is 24.1. The molecular weight excluding hydrogens is 472 g/mol. The van der Waals surface area contributed by atoms with Gasteiger partial charge in [-0.2, -0.15) is 5.26 Å². The highest BCUT2D eigenvalue weighted by molar-refractivity contribution is 7.98. The summed E-state index contributed by atoms with van der Waals surface area (Å²) < 4.78 is 0. The number of carbonyl (C=O) groups is 1. The third-order valence-corrected chi connectivity index (χ3v) is 5.71. The molecule has 3 N–H and O–H groups in total. The highest BCUT2D eigenvalue weighted by atomic mass is 35.5. The number of pyridine rings is 1. The molecule has 0 atom stereocenters. The quantitative estimate of drug-likeness (QED) is 0.323. The smallest absolute Gasteiger partial charge is 0.270 e. The molecule has 8 nitrogen and oxygen atoms in total. The summed E-state index contributed by atoms with van der Waals surface area (Å²) in [5, 5.41) is 16.6. The topological polar surface area (TPSA) is 124 Å². The number of amides is 1. The molecule has 1 amide bonds. The van der Waals surface area contributed by atoms with Crippen molar-refractivity contribution in [3.05, 3.63) is 93.4 Å². The fourth-order valence-electron chi connectivity index (χ4n) is 3.18. The van der Waals surface area contributed by atoms with E-state index in [2.05, 4.69) is 25.6 Å². The van der Waals surface area contributed by atoms with Crippen molar-refractivity contribution in [2.75, 3.05) is 16.9 Å². The Labute approximate surface area is 204 Å². The second-order valence-electron chi connectivity index (χ2n) is 6.98. The maximum atomic E-state index is 12.8. The van der Waals surface area contributed by atoms with E-state index in [1.54, 1.807) is 66.9 Å². The summed E-state index contributed by atoms with van der Waals surface area (Å²) in [4.78, 5) is 36.6. The monoisotopic (exact) mass is 488 g/mol. The van der Waals surface area contributed by atoms with Gasteiger partial charge in [0.25, 0.3) is 11.5 Å². The Bertz CT molecular complexity index is 1460. The largest absolute Gasteiger partial charge is 0.326 e. The zero-order valence-electron chi connectivity index (χ0n) is 17.8. The van der Waals surface area contributed by atoms with Crippen LogP contribution < -0.4 is 16.2 Å². The highest BCUT2D eigenvalue weighted by Crippen LogP contribution is 2.25. The van der Waals surface area contributed by atoms with Crippen molar-refractivity contribution in [2.45, 2.75) is 5.03 Å². The Hall–Kier alpha value is -4.13. The van der Waals surface area contributed by atoms with Crippen LogP contribution in [0.2, 0.25) is 5.02 Å². The van der Waals surface area contributed by atoms with Gasteiger partial charge in [-0.05, 0) is 54.8 Å². The van der Waals surface area contributed by atoms with E-state index in [1.165, 1.54) is 11.8 Å². The van der Waals surface area contributed by atoms with E-state index in [4.69, 9.17) is 11.6 Å². The van der Waals surface area contributed by atoms with Crippen molar-refractivity contribution >= 4 is 46.6 Å². The molecule has 168 valence electrons. The van der Waals surface area contributed by atoms with Gasteiger partial charge in [0.1, 0.15) is 16.7 Å². The molecule has 0 aliphatic carbocycles. The van der Waals surface area contributed by atoms with Gasteiger partial charge in [-0.3, -0.25) is 14.6 Å². The van der Waals surface area contributed by atoms with E-state index in [1.807, 2.05) is 12.3 Å². The van der Waals surface area contributed by atoms with Gasteiger partial charge in [0.05, 0.1) is 11.3 Å². The predicted molar refractivity (Wildman–Crippen MR) is 134 cm³/mol. The molecule has 0 unspecified atom stereocenters. The Kier molecular flexibility index (Phi) is 6.92. The van der Waals surface area contributed by atoms with Crippen LogP contribution in [0, 0.1) is 11.3 Å². The molecule has 4 aromatic rings. The molecule has 10 heteroatoms. The Morgan fingerprint density at radius 3 is 2.65 bits per heavy atom. The molecule has 0 fully saturated rings. The summed E-state index contributed by atoms with van der Waals surface area (Å²) in [6.07, 6.45) is 3.47. The lowest BCUT2D eigenvalue weighted by Gasteiger charge is -2.11. The van der Waals surface area contributed by atoms with Crippen molar-refractivity contribution < 1.29 is 4.79 Å². The van der Waals surface area contributed by atoms with Gasteiger partial charge in [-0.1, -0.05) is 23.7 Å². The second-order valence-corrected chi connectivity index (χ2v) is 8.21. The van der Waals surface area contributed by atoms with E-state index >= 15 is 0 Å². The number of rotatable bonds is 6. The van der Waals surface area contributed by atoms with Crippen LogP contribution in [0.15, 0.2) is 76.7 Å². The van der Waals surface area contributed by atoms with E-state index in [9.17, 15) is 14.9 Å². The van der Waals surface area contributed by atoms with Crippen LogP contribution in [0.5, 0.6) is 0 Å². The first kappa shape index (κ1) is 23.0. The molecule has 0 spiro atoms. The number of hydrogen-bond acceptors (Lipinski definition) is 7. The van der Waals surface area contributed by atoms with Crippen LogP contribution in [0.25, 0.3) is 11.3 Å². The van der Waals surface area contributed by atoms with Crippen LogP contribution >= 0.6 is 23.4 Å². The minimum atomic E-state index is -0.585. The van der Waals surface area contributed by atoms with Crippen LogP contribution in [0.1, 0.15) is 15.9 Å². The summed E-state index contributed by atoms with van der Waals surface area (Å²) in [5.41, 5.74) is 1.55. The van der Waals surface area contributed by atoms with Gasteiger partial charge in [-0.15, -0.1) is 11.8 Å². The number of halogens is 1. The number of aromatic amines is 1. The number of aromatic nitrogens is 3. The summed E-state index contributed by atoms with van der Waals surface area (Å²) in [7, 11) is 0. The summed E-state index contributed by atoms with van der Waals surface area (Å²) in [6.45, 7) is 0. The Balaban J connectivity index is 1.67. The fourth-order valence-corrected chi connectivity index (χ4v) is 3.86. The van der Waals surface area contributed by atoms with Crippen molar-refractivity contribution in [1.29, 1.82) is 5.26 Å². The van der Waals surface area contributed by atoms with Crippen molar-refractivity contribution in [3.63, 3.8) is 0 Å². The van der Waals surface area contributed by atoms with E-state index < -0.39 is 5.56 Å². The van der Waals surface area contributed by atoms with Crippen molar-refractivity contribution in [2.24, 2.45) is 0 Å². The minimum Gasteiger partial charge on any atom is -0.326 e. The lowest BCUT2D eigenvalue weighted by Crippen LogP contribution is -2.16. The van der Waals surface area contributed by atoms with Crippen LogP contribution in [-0.2, 0) is 0 Å². The summed E-state index contributed by atoms with van der Waals surface area (Å²) in [6, 6.07) is 18.9. The van der Waals surface area contributed by atoms with Crippen molar-refractivity contribution in [3.8, 4) is 17.3 Å². The number of carbonyl (C=O) groups excluding carboxylic acids is 1. The normalized spacial score (nSPS) is 10.4. The lowest BCUT2D eigenvalue weighted by atomic mass is 10.1. The maximum absolute atomic E-state index is 12.8. The molecule has 0 bridgehead atoms. The number of benzene rings is 2. The second kappa shape index (κ2) is 10.2. The third kappa shape index (κ3) is 5.09. The van der Waals surface area contributed by atoms with E-state index in [-0.39, 0.29) is 23.1 Å². The third-order valence-electron chi connectivity index (χ3n) is 4.74. The van der Waals surface area contributed by atoms with Gasteiger partial charge < -0.3 is 10.6 Å². The molecule has 0 radical (unpaired) electrons. The fraction of sp³-hybridized carbons (Fsp3) is 0.0417. The average Bonchev–Trinajstić information content (AvgIpc) is 2.85. The first-order chi connectivity index (χ1) is 16.5. The van der Waals surface area contributed by atoms with E-state index in [0.29, 0.717) is 32.6 Å². The summed E-state index contributed by atoms with van der Waals surface area (Å²) >= 11 is 7.29. The van der Waals surface area contributed by atoms with E-state index in [0.717, 1.165) is 0 Å². The molecule has 4 rings (SSSR count). The number of anilines is 3. The SMILES string of the molecule is CSc1ncccc1C(=O)Nc1cccc(-c2nc(Nc3ccc(Cl)cc3)[nH]c(=O)c2C#N)c1.